The fraction of sp³-hybridized carbons (Fsp3) is 0.188. The van der Waals surface area contributed by atoms with E-state index in [-0.39, 0.29) is 11.5 Å². The largest absolute Gasteiger partial charge is 0.494 e. The fourth-order valence-electron chi connectivity index (χ4n) is 2.50. The minimum Gasteiger partial charge on any atom is -0.494 e. The molecule has 0 saturated carbocycles. The van der Waals surface area contributed by atoms with Gasteiger partial charge in [0, 0.05) is 17.5 Å². The normalized spacial score (nSPS) is 13.5. The molecule has 0 unspecified atom stereocenters. The van der Waals surface area contributed by atoms with E-state index in [0.29, 0.717) is 17.5 Å². The van der Waals surface area contributed by atoms with Crippen molar-refractivity contribution in [2.75, 3.05) is 7.11 Å². The third-order valence-electron chi connectivity index (χ3n) is 3.53. The lowest BCUT2D eigenvalue weighted by molar-refractivity contribution is 0.0994. The molecule has 3 heteroatoms. The van der Waals surface area contributed by atoms with Gasteiger partial charge in [-0.1, -0.05) is 24.3 Å². The van der Waals surface area contributed by atoms with E-state index in [4.69, 9.17) is 4.74 Å². The molecule has 19 heavy (non-hydrogen) atoms. The van der Waals surface area contributed by atoms with Crippen LogP contribution in [0.3, 0.4) is 0 Å². The molecule has 96 valence electrons. The van der Waals surface area contributed by atoms with Gasteiger partial charge in [-0.05, 0) is 29.7 Å². The highest BCUT2D eigenvalue weighted by Gasteiger charge is 2.20. The van der Waals surface area contributed by atoms with E-state index < -0.39 is 5.82 Å². The number of ether oxygens (including phenoxy) is 1. The third kappa shape index (κ3) is 1.91. The van der Waals surface area contributed by atoms with Gasteiger partial charge < -0.3 is 4.74 Å². The third-order valence-corrected chi connectivity index (χ3v) is 3.53. The van der Waals surface area contributed by atoms with Crippen LogP contribution in [0, 0.1) is 5.82 Å². The second-order valence-corrected chi connectivity index (χ2v) is 4.62. The van der Waals surface area contributed by atoms with Crippen molar-refractivity contribution in [1.82, 2.24) is 0 Å². The number of hydrogen-bond acceptors (Lipinski definition) is 2. The van der Waals surface area contributed by atoms with E-state index in [1.54, 1.807) is 24.3 Å². The first-order valence-corrected chi connectivity index (χ1v) is 6.19. The average molecular weight is 256 g/mol. The Bertz CT molecular complexity index is 662. The van der Waals surface area contributed by atoms with Crippen molar-refractivity contribution >= 4 is 5.78 Å². The molecule has 2 aromatic carbocycles. The number of carbonyl (C=O) groups is 1. The Morgan fingerprint density at radius 2 is 1.95 bits per heavy atom. The van der Waals surface area contributed by atoms with Crippen molar-refractivity contribution in [3.05, 3.63) is 53.3 Å². The van der Waals surface area contributed by atoms with Crippen molar-refractivity contribution in [2.45, 2.75) is 12.8 Å². The number of Topliss-reactive ketones (excluding diaryl/α,β-unsaturated/α-hetero) is 1. The summed E-state index contributed by atoms with van der Waals surface area (Å²) in [6.45, 7) is 0. The van der Waals surface area contributed by atoms with Gasteiger partial charge >= 0.3 is 0 Å². The molecule has 0 amide bonds. The van der Waals surface area contributed by atoms with Gasteiger partial charge in [0.15, 0.2) is 17.3 Å². The van der Waals surface area contributed by atoms with E-state index in [0.717, 1.165) is 17.5 Å². The Balaban J connectivity index is 2.13. The average Bonchev–Trinajstić information content (AvgIpc) is 2.80. The fourth-order valence-corrected chi connectivity index (χ4v) is 2.50. The van der Waals surface area contributed by atoms with E-state index in [1.807, 2.05) is 12.1 Å². The zero-order chi connectivity index (χ0) is 13.4. The number of aryl methyl sites for hydroxylation is 1. The van der Waals surface area contributed by atoms with Crippen molar-refractivity contribution < 1.29 is 13.9 Å². The van der Waals surface area contributed by atoms with Gasteiger partial charge in [-0.25, -0.2) is 4.39 Å². The molecule has 0 aliphatic heterocycles. The Morgan fingerprint density at radius 1 is 1.11 bits per heavy atom. The number of fused-ring (bicyclic) bond motifs is 1. The summed E-state index contributed by atoms with van der Waals surface area (Å²) in [7, 11) is 1.44. The molecule has 0 aromatic heterocycles. The quantitative estimate of drug-likeness (QED) is 0.820. The van der Waals surface area contributed by atoms with Crippen LogP contribution in [0.15, 0.2) is 36.4 Å². The van der Waals surface area contributed by atoms with Gasteiger partial charge in [0.05, 0.1) is 7.11 Å². The van der Waals surface area contributed by atoms with Crippen LogP contribution in [0.25, 0.3) is 11.1 Å². The van der Waals surface area contributed by atoms with E-state index in [2.05, 4.69) is 0 Å². The first kappa shape index (κ1) is 11.9. The van der Waals surface area contributed by atoms with Gasteiger partial charge in [-0.3, -0.25) is 4.79 Å². The molecule has 0 spiro atoms. The SMILES string of the molecule is COc1cccc(-c2ccc3c(c2)C(=O)CC3)c1F. The van der Waals surface area contributed by atoms with Crippen molar-refractivity contribution in [1.29, 1.82) is 0 Å². The molecule has 2 nitrogen and oxygen atoms in total. The standard InChI is InChI=1S/C16H13FO2/c1-19-15-4-2-3-12(16(15)17)11-6-5-10-7-8-14(18)13(10)9-11/h2-6,9H,7-8H2,1H3. The van der Waals surface area contributed by atoms with E-state index in [9.17, 15) is 9.18 Å². The molecular formula is C16H13FO2. The lowest BCUT2D eigenvalue weighted by Crippen LogP contribution is -1.94. The minimum absolute atomic E-state index is 0.139. The predicted octanol–water partition coefficient (Wildman–Crippen LogP) is 3.63. The Hall–Kier alpha value is -2.16. The summed E-state index contributed by atoms with van der Waals surface area (Å²) in [4.78, 5) is 11.7. The zero-order valence-corrected chi connectivity index (χ0v) is 10.6. The Labute approximate surface area is 110 Å². The monoisotopic (exact) mass is 256 g/mol. The van der Waals surface area contributed by atoms with Gasteiger partial charge in [-0.2, -0.15) is 0 Å². The van der Waals surface area contributed by atoms with Gasteiger partial charge in [0.25, 0.3) is 0 Å². The lowest BCUT2D eigenvalue weighted by Gasteiger charge is -2.08. The van der Waals surface area contributed by atoms with Crippen LogP contribution in [0.1, 0.15) is 22.3 Å². The molecule has 0 radical (unpaired) electrons. The summed E-state index contributed by atoms with van der Waals surface area (Å²) in [6, 6.07) is 10.6. The van der Waals surface area contributed by atoms with Gasteiger partial charge in [0.2, 0.25) is 0 Å². The molecule has 0 N–H and O–H groups in total. The van der Waals surface area contributed by atoms with Crippen molar-refractivity contribution in [2.24, 2.45) is 0 Å². The number of carbonyl (C=O) groups excluding carboxylic acids is 1. The summed E-state index contributed by atoms with van der Waals surface area (Å²) in [5, 5.41) is 0. The zero-order valence-electron chi connectivity index (χ0n) is 10.6. The van der Waals surface area contributed by atoms with Crippen LogP contribution in [-0.4, -0.2) is 12.9 Å². The van der Waals surface area contributed by atoms with Crippen LogP contribution in [0.5, 0.6) is 5.75 Å². The smallest absolute Gasteiger partial charge is 0.172 e. The molecule has 2 aromatic rings. The highest BCUT2D eigenvalue weighted by atomic mass is 19.1. The van der Waals surface area contributed by atoms with Crippen LogP contribution in [-0.2, 0) is 6.42 Å². The van der Waals surface area contributed by atoms with Crippen LogP contribution in [0.4, 0.5) is 4.39 Å². The molecule has 1 aliphatic rings. The summed E-state index contributed by atoms with van der Waals surface area (Å²) < 4.78 is 19.2. The molecule has 3 rings (SSSR count). The number of benzene rings is 2. The van der Waals surface area contributed by atoms with Crippen LogP contribution >= 0.6 is 0 Å². The number of halogens is 1. The maximum Gasteiger partial charge on any atom is 0.172 e. The van der Waals surface area contributed by atoms with Gasteiger partial charge in [0.1, 0.15) is 0 Å². The van der Waals surface area contributed by atoms with Crippen molar-refractivity contribution in [3.63, 3.8) is 0 Å². The molecule has 0 saturated heterocycles. The highest BCUT2D eigenvalue weighted by molar-refractivity contribution is 6.01. The topological polar surface area (TPSA) is 26.3 Å². The number of hydrogen-bond donors (Lipinski definition) is 0. The maximum absolute atomic E-state index is 14.2. The van der Waals surface area contributed by atoms with Crippen LogP contribution in [0.2, 0.25) is 0 Å². The second kappa shape index (κ2) is 4.50. The first-order valence-electron chi connectivity index (χ1n) is 6.19. The molecule has 1 aliphatic carbocycles. The molecule has 0 bridgehead atoms. The summed E-state index contributed by atoms with van der Waals surface area (Å²) in [6.07, 6.45) is 1.34. The highest BCUT2D eigenvalue weighted by Crippen LogP contribution is 2.32. The van der Waals surface area contributed by atoms with Crippen LogP contribution < -0.4 is 4.74 Å². The summed E-state index contributed by atoms with van der Waals surface area (Å²) in [5.74, 6) is -0.0418. The second-order valence-electron chi connectivity index (χ2n) is 4.62. The number of rotatable bonds is 2. The predicted molar refractivity (Wildman–Crippen MR) is 71.0 cm³/mol. The molecule has 0 heterocycles. The Morgan fingerprint density at radius 3 is 2.74 bits per heavy atom. The lowest BCUT2D eigenvalue weighted by atomic mass is 9.99. The van der Waals surface area contributed by atoms with E-state index >= 15 is 0 Å². The molecule has 0 atom stereocenters. The Kier molecular flexibility index (Phi) is 2.82. The number of ketones is 1. The summed E-state index contributed by atoms with van der Waals surface area (Å²) in [5.41, 5.74) is 2.95. The maximum atomic E-state index is 14.2. The van der Waals surface area contributed by atoms with Crippen molar-refractivity contribution in [3.8, 4) is 16.9 Å². The minimum atomic E-state index is -0.393. The number of methoxy groups -OCH3 is 1. The van der Waals surface area contributed by atoms with E-state index in [1.165, 1.54) is 7.11 Å². The summed E-state index contributed by atoms with van der Waals surface area (Å²) >= 11 is 0. The molecule has 0 fully saturated rings. The molecular weight excluding hydrogens is 243 g/mol. The van der Waals surface area contributed by atoms with Gasteiger partial charge in [-0.15, -0.1) is 0 Å². The first-order chi connectivity index (χ1) is 9.20.